The van der Waals surface area contributed by atoms with E-state index in [4.69, 9.17) is 9.47 Å². The number of alkyl carbamates (subject to hydrolysis) is 1. The summed E-state index contributed by atoms with van der Waals surface area (Å²) < 4.78 is 10.3. The number of carboxylic acids is 1. The van der Waals surface area contributed by atoms with Gasteiger partial charge in [0, 0.05) is 25.2 Å². The molecule has 2 aromatic rings. The molecule has 0 aliphatic rings. The van der Waals surface area contributed by atoms with Gasteiger partial charge in [-0.1, -0.05) is 30.3 Å². The van der Waals surface area contributed by atoms with Crippen LogP contribution < -0.4 is 15.4 Å². The van der Waals surface area contributed by atoms with Crippen molar-refractivity contribution in [2.24, 2.45) is 0 Å². The van der Waals surface area contributed by atoms with Crippen LogP contribution >= 0.6 is 0 Å². The fourth-order valence-electron chi connectivity index (χ4n) is 2.65. The third kappa shape index (κ3) is 6.53. The molecule has 0 bridgehead atoms. The van der Waals surface area contributed by atoms with E-state index in [1.807, 2.05) is 6.07 Å². The van der Waals surface area contributed by atoms with Gasteiger partial charge in [-0.05, 0) is 24.1 Å². The van der Waals surface area contributed by atoms with Crippen molar-refractivity contribution in [3.63, 3.8) is 0 Å². The molecule has 0 heterocycles. The minimum Gasteiger partial charge on any atom is -0.496 e. The number of benzene rings is 2. The molecule has 0 aromatic heterocycles. The fraction of sp³-hybridized carbons (Fsp3) is 0.286. The summed E-state index contributed by atoms with van der Waals surface area (Å²) in [6.07, 6.45) is -1.01. The molecule has 0 saturated heterocycles. The summed E-state index contributed by atoms with van der Waals surface area (Å²) in [5.74, 6) is -1.13. The maximum Gasteiger partial charge on any atom is 0.408 e. The van der Waals surface area contributed by atoms with Gasteiger partial charge in [0.15, 0.2) is 5.78 Å². The average molecular weight is 400 g/mol. The van der Waals surface area contributed by atoms with E-state index in [1.54, 1.807) is 49.5 Å². The molecule has 1 amide bonds. The highest BCUT2D eigenvalue weighted by atomic mass is 16.5. The Morgan fingerprint density at radius 1 is 1.10 bits per heavy atom. The Kier molecular flexibility index (Phi) is 8.02. The van der Waals surface area contributed by atoms with Gasteiger partial charge in [0.1, 0.15) is 18.4 Å². The van der Waals surface area contributed by atoms with Gasteiger partial charge in [-0.2, -0.15) is 0 Å². The Bertz CT molecular complexity index is 854. The number of methoxy groups -OCH3 is 1. The largest absolute Gasteiger partial charge is 0.496 e. The van der Waals surface area contributed by atoms with Crippen LogP contribution in [0.25, 0.3) is 0 Å². The van der Waals surface area contributed by atoms with Crippen LogP contribution in [0.4, 0.5) is 10.5 Å². The van der Waals surface area contributed by atoms with Gasteiger partial charge >= 0.3 is 12.1 Å². The number of carbonyl (C=O) groups is 3. The first-order valence-corrected chi connectivity index (χ1v) is 9.03. The molecule has 0 radical (unpaired) electrons. The topological polar surface area (TPSA) is 114 Å². The highest BCUT2D eigenvalue weighted by Gasteiger charge is 2.23. The van der Waals surface area contributed by atoms with Crippen molar-refractivity contribution in [2.45, 2.75) is 25.5 Å². The van der Waals surface area contributed by atoms with Gasteiger partial charge in [0.05, 0.1) is 12.7 Å². The van der Waals surface area contributed by atoms with Crippen LogP contribution in [0.5, 0.6) is 5.75 Å². The summed E-state index contributed by atoms with van der Waals surface area (Å²) in [6, 6.07) is 12.8. The second kappa shape index (κ2) is 10.7. The highest BCUT2D eigenvalue weighted by molar-refractivity contribution is 5.99. The lowest BCUT2D eigenvalue weighted by molar-refractivity contribution is -0.139. The molecule has 29 heavy (non-hydrogen) atoms. The minimum absolute atomic E-state index is 0.0208. The van der Waals surface area contributed by atoms with Crippen LogP contribution in [0.3, 0.4) is 0 Å². The second-order valence-corrected chi connectivity index (χ2v) is 6.22. The van der Waals surface area contributed by atoms with E-state index in [-0.39, 0.29) is 25.2 Å². The van der Waals surface area contributed by atoms with Crippen LogP contribution in [0.15, 0.2) is 48.5 Å². The number of hydrogen-bond donors (Lipinski definition) is 3. The first-order chi connectivity index (χ1) is 13.9. The third-order valence-electron chi connectivity index (χ3n) is 4.25. The monoisotopic (exact) mass is 400 g/mol. The number of Topliss-reactive ketones (excluding diaryl/α,β-unsaturated/α-hetero) is 1. The number of aliphatic carboxylic acids is 1. The number of carbonyl (C=O) groups excluding carboxylic acids is 2. The van der Waals surface area contributed by atoms with E-state index < -0.39 is 18.1 Å². The van der Waals surface area contributed by atoms with Gasteiger partial charge in [-0.15, -0.1) is 0 Å². The van der Waals surface area contributed by atoms with E-state index in [1.165, 1.54) is 7.11 Å². The minimum atomic E-state index is -1.25. The molecule has 0 aliphatic carbocycles. The average Bonchev–Trinajstić information content (AvgIpc) is 2.74. The molecular weight excluding hydrogens is 376 g/mol. The molecule has 8 nitrogen and oxygen atoms in total. The van der Waals surface area contributed by atoms with Crippen LogP contribution in [0, 0.1) is 0 Å². The molecule has 2 rings (SSSR count). The number of ketones is 1. The van der Waals surface area contributed by atoms with E-state index in [0.29, 0.717) is 11.3 Å². The van der Waals surface area contributed by atoms with E-state index >= 15 is 0 Å². The summed E-state index contributed by atoms with van der Waals surface area (Å²) >= 11 is 0. The maximum atomic E-state index is 12.5. The Balaban J connectivity index is 1.92. The van der Waals surface area contributed by atoms with Gasteiger partial charge in [0.25, 0.3) is 0 Å². The van der Waals surface area contributed by atoms with Crippen molar-refractivity contribution in [2.75, 3.05) is 19.5 Å². The van der Waals surface area contributed by atoms with Crippen LogP contribution in [0.2, 0.25) is 0 Å². The number of carboxylic acid groups (broad SMARTS) is 1. The number of nitrogens with one attached hydrogen (secondary N) is 2. The molecule has 0 saturated carbocycles. The van der Waals surface area contributed by atoms with Gasteiger partial charge in [-0.3, -0.25) is 4.79 Å². The standard InChI is InChI=1S/C21H24N2O6/c1-22-15-8-9-16(19(12-15)28-2)18(24)11-10-17(20(25)26)23-21(27)29-13-14-6-4-3-5-7-14/h3-9,12,17,22H,10-11,13H2,1-2H3,(H,23,27)(H,25,26). The summed E-state index contributed by atoms with van der Waals surface area (Å²) in [7, 11) is 3.20. The smallest absolute Gasteiger partial charge is 0.408 e. The lowest BCUT2D eigenvalue weighted by atomic mass is 10.0. The number of amides is 1. The Morgan fingerprint density at radius 3 is 2.45 bits per heavy atom. The van der Waals surface area contributed by atoms with Gasteiger partial charge < -0.3 is 25.2 Å². The van der Waals surface area contributed by atoms with Crippen molar-refractivity contribution in [1.29, 1.82) is 0 Å². The third-order valence-corrected chi connectivity index (χ3v) is 4.25. The van der Waals surface area contributed by atoms with Crippen molar-refractivity contribution < 1.29 is 29.0 Å². The molecule has 154 valence electrons. The Labute approximate surface area is 168 Å². The molecule has 1 unspecified atom stereocenters. The van der Waals surface area contributed by atoms with Gasteiger partial charge in [-0.25, -0.2) is 9.59 Å². The van der Waals surface area contributed by atoms with Crippen molar-refractivity contribution in [3.05, 3.63) is 59.7 Å². The van der Waals surface area contributed by atoms with Crippen molar-refractivity contribution >= 4 is 23.5 Å². The zero-order chi connectivity index (χ0) is 21.2. The lowest BCUT2D eigenvalue weighted by Gasteiger charge is -2.15. The number of anilines is 1. The quantitative estimate of drug-likeness (QED) is 0.525. The molecule has 2 aromatic carbocycles. The molecule has 0 aliphatic heterocycles. The molecule has 1 atom stereocenters. The highest BCUT2D eigenvalue weighted by Crippen LogP contribution is 2.24. The number of hydrogen-bond acceptors (Lipinski definition) is 6. The fourth-order valence-corrected chi connectivity index (χ4v) is 2.65. The molecule has 8 heteroatoms. The zero-order valence-electron chi connectivity index (χ0n) is 16.3. The summed E-state index contributed by atoms with van der Waals surface area (Å²) in [5.41, 5.74) is 1.91. The molecule has 3 N–H and O–H groups in total. The second-order valence-electron chi connectivity index (χ2n) is 6.22. The van der Waals surface area contributed by atoms with Crippen LogP contribution in [0.1, 0.15) is 28.8 Å². The summed E-state index contributed by atoms with van der Waals surface area (Å²) in [6.45, 7) is 0.0208. The van der Waals surface area contributed by atoms with Crippen LogP contribution in [-0.4, -0.2) is 43.2 Å². The van der Waals surface area contributed by atoms with Crippen LogP contribution in [-0.2, 0) is 16.1 Å². The normalized spacial score (nSPS) is 11.2. The summed E-state index contributed by atoms with van der Waals surface area (Å²) in [4.78, 5) is 35.9. The number of ether oxygens (including phenoxy) is 2. The van der Waals surface area contributed by atoms with E-state index in [2.05, 4.69) is 10.6 Å². The lowest BCUT2D eigenvalue weighted by Crippen LogP contribution is -2.41. The number of rotatable bonds is 10. The maximum absolute atomic E-state index is 12.5. The molecular formula is C21H24N2O6. The van der Waals surface area contributed by atoms with Gasteiger partial charge in [0.2, 0.25) is 0 Å². The predicted octanol–water partition coefficient (Wildman–Crippen LogP) is 3.08. The Morgan fingerprint density at radius 2 is 1.83 bits per heavy atom. The molecule has 0 fully saturated rings. The molecule has 0 spiro atoms. The first-order valence-electron chi connectivity index (χ1n) is 9.03. The van der Waals surface area contributed by atoms with Crippen molar-refractivity contribution in [1.82, 2.24) is 5.32 Å². The van der Waals surface area contributed by atoms with E-state index in [9.17, 15) is 19.5 Å². The first kappa shape index (κ1) is 21.7. The summed E-state index contributed by atoms with van der Waals surface area (Å²) in [5, 5.41) is 14.6. The Hall–Kier alpha value is -3.55. The predicted molar refractivity (Wildman–Crippen MR) is 107 cm³/mol. The van der Waals surface area contributed by atoms with E-state index in [0.717, 1.165) is 11.3 Å². The van der Waals surface area contributed by atoms with Crippen molar-refractivity contribution in [3.8, 4) is 5.75 Å². The zero-order valence-corrected chi connectivity index (χ0v) is 16.3. The SMILES string of the molecule is CNc1ccc(C(=O)CCC(NC(=O)OCc2ccccc2)C(=O)O)c(OC)c1.